The van der Waals surface area contributed by atoms with Crippen LogP contribution in [0.1, 0.15) is 38.8 Å². The lowest BCUT2D eigenvalue weighted by Crippen LogP contribution is -2.36. The van der Waals surface area contributed by atoms with Gasteiger partial charge in [-0.15, -0.1) is 6.58 Å². The van der Waals surface area contributed by atoms with E-state index in [0.29, 0.717) is 18.8 Å². The Morgan fingerprint density at radius 3 is 2.59 bits per heavy atom. The highest BCUT2D eigenvalue weighted by Gasteiger charge is 2.24. The maximum Gasteiger partial charge on any atom is 0.165 e. The van der Waals surface area contributed by atoms with Crippen molar-refractivity contribution in [2.45, 2.75) is 46.7 Å². The van der Waals surface area contributed by atoms with Gasteiger partial charge in [-0.25, -0.2) is 4.39 Å². The molecule has 0 amide bonds. The zero-order valence-electron chi connectivity index (χ0n) is 23.6. The molecule has 0 aliphatic carbocycles. The molecule has 1 aliphatic rings. The van der Waals surface area contributed by atoms with Crippen LogP contribution in [-0.2, 0) is 13.0 Å². The van der Waals surface area contributed by atoms with E-state index in [1.165, 1.54) is 17.7 Å². The number of rotatable bonds is 8. The van der Waals surface area contributed by atoms with Crippen LogP contribution in [-0.4, -0.2) is 42.3 Å². The summed E-state index contributed by atoms with van der Waals surface area (Å²) in [5.41, 5.74) is 8.93. The van der Waals surface area contributed by atoms with E-state index >= 15 is 0 Å². The van der Waals surface area contributed by atoms with Gasteiger partial charge in [0.25, 0.3) is 0 Å². The Bertz CT molecular complexity index is 1270. The van der Waals surface area contributed by atoms with Crippen LogP contribution in [0, 0.1) is 5.82 Å². The molecule has 1 aliphatic heterocycles. The van der Waals surface area contributed by atoms with Gasteiger partial charge in [-0.3, -0.25) is 14.9 Å². The number of hydrogen-bond acceptors (Lipinski definition) is 6. The molecule has 1 aromatic heterocycles. The zero-order chi connectivity index (χ0) is 28.2. The van der Waals surface area contributed by atoms with Crippen molar-refractivity contribution in [2.24, 2.45) is 4.99 Å². The summed E-state index contributed by atoms with van der Waals surface area (Å²) in [7, 11) is 1.71. The molecule has 0 saturated heterocycles. The van der Waals surface area contributed by atoms with E-state index in [0.717, 1.165) is 46.9 Å². The Morgan fingerprint density at radius 1 is 1.21 bits per heavy atom. The third-order valence-electron chi connectivity index (χ3n) is 6.47. The second-order valence-corrected chi connectivity index (χ2v) is 9.21. The van der Waals surface area contributed by atoms with Crippen molar-refractivity contribution in [1.29, 1.82) is 0 Å². The first-order valence-corrected chi connectivity index (χ1v) is 13.2. The monoisotopic (exact) mass is 530 g/mol. The van der Waals surface area contributed by atoms with Crippen LogP contribution in [0.5, 0.6) is 11.5 Å². The van der Waals surface area contributed by atoms with Crippen LogP contribution in [0.4, 0.5) is 4.39 Å². The Morgan fingerprint density at radius 2 is 1.95 bits per heavy atom. The lowest BCUT2D eigenvalue weighted by Gasteiger charge is -2.30. The smallest absolute Gasteiger partial charge is 0.165 e. The fourth-order valence-corrected chi connectivity index (χ4v) is 4.53. The zero-order valence-corrected chi connectivity index (χ0v) is 23.6. The Hall–Kier alpha value is -3.81. The van der Waals surface area contributed by atoms with Crippen molar-refractivity contribution in [3.63, 3.8) is 0 Å². The quantitative estimate of drug-likeness (QED) is 0.198. The number of halogens is 1. The van der Waals surface area contributed by atoms with Crippen LogP contribution in [0.3, 0.4) is 0 Å². The van der Waals surface area contributed by atoms with Crippen molar-refractivity contribution < 1.29 is 14.0 Å². The average Bonchev–Trinajstić information content (AvgIpc) is 3.16. The van der Waals surface area contributed by atoms with Gasteiger partial charge in [0.2, 0.25) is 0 Å². The number of pyridine rings is 1. The topological polar surface area (TPSA) is 59.0 Å². The third-order valence-corrected chi connectivity index (χ3v) is 6.47. The Kier molecular flexibility index (Phi) is 11.4. The summed E-state index contributed by atoms with van der Waals surface area (Å²) in [4.78, 5) is 16.8. The largest absolute Gasteiger partial charge is 0.492 e. The van der Waals surface area contributed by atoms with Gasteiger partial charge in [-0.05, 0) is 87.7 Å². The Balaban J connectivity index is 0.00000134. The maximum absolute atomic E-state index is 13.5. The minimum Gasteiger partial charge on any atom is -0.492 e. The van der Waals surface area contributed by atoms with Gasteiger partial charge in [-0.1, -0.05) is 18.2 Å². The fraction of sp³-hybridized carbons (Fsp3) is 0.312. The molecule has 2 aromatic carbocycles. The van der Waals surface area contributed by atoms with E-state index in [1.807, 2.05) is 63.4 Å². The first kappa shape index (κ1) is 29.7. The average molecular weight is 531 g/mol. The standard InChI is InChI=1S/C29H33FN4O2.C3H6/c1-5-32-20(2)27(16-22-6-9-25(30)10-7-22)21(3)34-14-15-35-29-13-8-23(17-24(29)19-34)28-12-11-26(18-33-28)36-31-4;1-3-2/h5-13,17-18,21,31H,14-16,19H2,1-4H3;3H,1H2,2H3/b27-20-,32-5?;. The number of fused-ring (bicyclic) bond motifs is 1. The van der Waals surface area contributed by atoms with Crippen LogP contribution in [0.15, 0.2) is 89.7 Å². The molecule has 0 fully saturated rings. The summed E-state index contributed by atoms with van der Waals surface area (Å²) in [5, 5.41) is 0. The van der Waals surface area contributed by atoms with Crippen molar-refractivity contribution in [3.05, 3.63) is 102 Å². The van der Waals surface area contributed by atoms with Crippen LogP contribution >= 0.6 is 0 Å². The number of aromatic nitrogens is 1. The highest BCUT2D eigenvalue weighted by atomic mass is 19.1. The second kappa shape index (κ2) is 15.0. The highest BCUT2D eigenvalue weighted by Crippen LogP contribution is 2.31. The lowest BCUT2D eigenvalue weighted by atomic mass is 9.96. The molecule has 2 heterocycles. The number of hydroxylamine groups is 1. The van der Waals surface area contributed by atoms with Crippen LogP contribution in [0.2, 0.25) is 0 Å². The van der Waals surface area contributed by atoms with E-state index in [2.05, 4.69) is 39.9 Å². The summed E-state index contributed by atoms with van der Waals surface area (Å²) in [6, 6.07) is 16.9. The van der Waals surface area contributed by atoms with Crippen LogP contribution in [0.25, 0.3) is 11.3 Å². The second-order valence-electron chi connectivity index (χ2n) is 9.21. The first-order valence-electron chi connectivity index (χ1n) is 13.2. The number of allylic oxidation sites excluding steroid dienone is 2. The maximum atomic E-state index is 13.5. The molecular weight excluding hydrogens is 491 g/mol. The number of nitrogens with one attached hydrogen (secondary N) is 1. The first-order chi connectivity index (χ1) is 18.9. The van der Waals surface area contributed by atoms with Gasteiger partial charge in [0, 0.05) is 49.2 Å². The highest BCUT2D eigenvalue weighted by molar-refractivity contribution is 5.62. The van der Waals surface area contributed by atoms with E-state index in [4.69, 9.17) is 9.57 Å². The van der Waals surface area contributed by atoms with Crippen molar-refractivity contribution in [3.8, 4) is 22.8 Å². The molecule has 0 bridgehead atoms. The minimum atomic E-state index is -0.226. The molecule has 39 heavy (non-hydrogen) atoms. The van der Waals surface area contributed by atoms with Gasteiger partial charge < -0.3 is 9.57 Å². The molecule has 3 aromatic rings. The molecule has 0 saturated carbocycles. The SMILES string of the molecule is C=CC.CC=N/C(C)=C(/Cc1ccc(F)cc1)C(C)N1CCOc2ccc(-c3ccc(ONC)cn3)cc2C1. The lowest BCUT2D eigenvalue weighted by molar-refractivity contribution is 0.195. The molecule has 1 N–H and O–H groups in total. The fourth-order valence-electron chi connectivity index (χ4n) is 4.53. The molecule has 206 valence electrons. The molecule has 4 rings (SSSR count). The van der Waals surface area contributed by atoms with E-state index in [1.54, 1.807) is 19.3 Å². The number of ether oxygens (including phenoxy) is 1. The summed E-state index contributed by atoms with van der Waals surface area (Å²) in [6.07, 6.45) is 5.98. The minimum absolute atomic E-state index is 0.119. The molecule has 1 unspecified atom stereocenters. The molecule has 1 atom stereocenters. The molecular formula is C32H39FN4O2. The van der Waals surface area contributed by atoms with E-state index in [-0.39, 0.29) is 11.9 Å². The number of aliphatic imine (C=N–C) groups is 1. The van der Waals surface area contributed by atoms with Gasteiger partial charge in [0.1, 0.15) is 18.2 Å². The van der Waals surface area contributed by atoms with Gasteiger partial charge in [-0.2, -0.15) is 5.48 Å². The predicted molar refractivity (Wildman–Crippen MR) is 158 cm³/mol. The third kappa shape index (κ3) is 8.34. The normalized spacial score (nSPS) is 14.7. The number of hydrogen-bond donors (Lipinski definition) is 1. The summed E-state index contributed by atoms with van der Waals surface area (Å²) >= 11 is 0. The molecule has 6 nitrogen and oxygen atoms in total. The van der Waals surface area contributed by atoms with Crippen LogP contribution < -0.4 is 15.1 Å². The van der Waals surface area contributed by atoms with E-state index in [9.17, 15) is 4.39 Å². The summed E-state index contributed by atoms with van der Waals surface area (Å²) < 4.78 is 19.6. The summed E-state index contributed by atoms with van der Waals surface area (Å²) in [6.45, 7) is 13.6. The molecule has 0 radical (unpaired) electrons. The predicted octanol–water partition coefficient (Wildman–Crippen LogP) is 6.78. The van der Waals surface area contributed by atoms with E-state index < -0.39 is 0 Å². The van der Waals surface area contributed by atoms with Crippen molar-refractivity contribution in [2.75, 3.05) is 20.2 Å². The molecule has 0 spiro atoms. The Labute approximate surface area is 231 Å². The van der Waals surface area contributed by atoms with Gasteiger partial charge in [0.15, 0.2) is 5.75 Å². The number of benzene rings is 2. The number of nitrogens with zero attached hydrogens (tertiary/aromatic N) is 3. The summed E-state index contributed by atoms with van der Waals surface area (Å²) in [5.74, 6) is 1.33. The van der Waals surface area contributed by atoms with Gasteiger partial charge >= 0.3 is 0 Å². The van der Waals surface area contributed by atoms with Gasteiger partial charge in [0.05, 0.1) is 11.9 Å². The molecule has 7 heteroatoms. The van der Waals surface area contributed by atoms with Crippen molar-refractivity contribution in [1.82, 2.24) is 15.4 Å². The van der Waals surface area contributed by atoms with Crippen molar-refractivity contribution >= 4 is 6.21 Å².